The molecule has 0 spiro atoms. The molecule has 0 bridgehead atoms. The molecule has 3 aromatic rings. The summed E-state index contributed by atoms with van der Waals surface area (Å²) in [6, 6.07) is 13.2. The molecule has 3 rings (SSSR count). The zero-order chi connectivity index (χ0) is 13.2. The number of aromatic nitrogens is 2. The lowest BCUT2D eigenvalue weighted by molar-refractivity contribution is 0.0692. The van der Waals surface area contributed by atoms with Gasteiger partial charge in [0, 0.05) is 5.56 Å². The molecule has 0 unspecified atom stereocenters. The Morgan fingerprint density at radius 2 is 1.95 bits per heavy atom. The van der Waals surface area contributed by atoms with Crippen molar-refractivity contribution in [1.29, 1.82) is 0 Å². The number of rotatable bonds is 3. The average Bonchev–Trinajstić information content (AvgIpc) is 3.08. The van der Waals surface area contributed by atoms with Crippen molar-refractivity contribution in [2.75, 3.05) is 0 Å². The predicted molar refractivity (Wildman–Crippen MR) is 74.3 cm³/mol. The molecule has 0 aliphatic carbocycles. The first-order valence-electron chi connectivity index (χ1n) is 5.68. The lowest BCUT2D eigenvalue weighted by Crippen LogP contribution is -1.98. The molecule has 1 aromatic carbocycles. The van der Waals surface area contributed by atoms with E-state index in [-0.39, 0.29) is 5.69 Å². The van der Waals surface area contributed by atoms with Crippen molar-refractivity contribution in [3.8, 4) is 22.0 Å². The van der Waals surface area contributed by atoms with Gasteiger partial charge < -0.3 is 10.1 Å². The molecule has 5 heteroatoms. The first-order valence-corrected chi connectivity index (χ1v) is 6.56. The Labute approximate surface area is 113 Å². The van der Waals surface area contributed by atoms with Gasteiger partial charge in [-0.15, -0.1) is 11.3 Å². The minimum absolute atomic E-state index is 0.0568. The molecule has 2 aromatic heterocycles. The standard InChI is InChI=1S/C14H10N2O2S/c17-14(18)12-11(10-7-4-8-19-10)15-13(16-12)9-5-2-1-3-6-9/h1-8H,(H,15,16)(H,17,18). The highest BCUT2D eigenvalue weighted by Crippen LogP contribution is 2.29. The quantitative estimate of drug-likeness (QED) is 0.765. The third-order valence-electron chi connectivity index (χ3n) is 2.72. The minimum atomic E-state index is -1.03. The van der Waals surface area contributed by atoms with Gasteiger partial charge in [-0.3, -0.25) is 0 Å². The molecule has 0 fully saturated rings. The smallest absolute Gasteiger partial charge is 0.356 e. The molecule has 0 saturated carbocycles. The molecule has 0 atom stereocenters. The van der Waals surface area contributed by atoms with Gasteiger partial charge in [-0.1, -0.05) is 36.4 Å². The maximum Gasteiger partial charge on any atom is 0.356 e. The van der Waals surface area contributed by atoms with Crippen molar-refractivity contribution in [2.45, 2.75) is 0 Å². The van der Waals surface area contributed by atoms with Crippen molar-refractivity contribution in [1.82, 2.24) is 9.97 Å². The first-order chi connectivity index (χ1) is 9.25. The summed E-state index contributed by atoms with van der Waals surface area (Å²) in [6.45, 7) is 0. The molecule has 2 heterocycles. The van der Waals surface area contributed by atoms with Crippen molar-refractivity contribution >= 4 is 17.3 Å². The second kappa shape index (κ2) is 4.70. The first kappa shape index (κ1) is 11.7. The Balaban J connectivity index is 2.15. The Morgan fingerprint density at radius 3 is 2.58 bits per heavy atom. The average molecular weight is 270 g/mol. The van der Waals surface area contributed by atoms with Gasteiger partial charge in [-0.05, 0) is 11.4 Å². The van der Waals surface area contributed by atoms with Gasteiger partial charge in [0.05, 0.1) is 10.6 Å². The molecule has 0 aliphatic heterocycles. The van der Waals surface area contributed by atoms with Crippen molar-refractivity contribution in [3.05, 3.63) is 53.5 Å². The molecule has 2 N–H and O–H groups in total. The third-order valence-corrected chi connectivity index (χ3v) is 3.61. The van der Waals surface area contributed by atoms with E-state index in [0.717, 1.165) is 10.4 Å². The van der Waals surface area contributed by atoms with Gasteiger partial charge in [0.2, 0.25) is 0 Å². The fraction of sp³-hybridized carbons (Fsp3) is 0. The number of imidazole rings is 1. The normalized spacial score (nSPS) is 10.5. The van der Waals surface area contributed by atoms with E-state index < -0.39 is 5.97 Å². The Morgan fingerprint density at radius 1 is 1.16 bits per heavy atom. The number of benzene rings is 1. The number of carbonyl (C=O) groups is 1. The molecular formula is C14H10N2O2S. The maximum atomic E-state index is 11.3. The molecule has 4 nitrogen and oxygen atoms in total. The van der Waals surface area contributed by atoms with Crippen molar-refractivity contribution in [3.63, 3.8) is 0 Å². The van der Waals surface area contributed by atoms with Crippen LogP contribution in [-0.2, 0) is 0 Å². The van der Waals surface area contributed by atoms with E-state index in [2.05, 4.69) is 9.97 Å². The molecular weight excluding hydrogens is 260 g/mol. The number of aromatic amines is 1. The highest BCUT2D eigenvalue weighted by atomic mass is 32.1. The third kappa shape index (κ3) is 2.15. The SMILES string of the molecule is O=C(O)c1nc(-c2ccccc2)[nH]c1-c1cccs1. The van der Waals surface area contributed by atoms with Crippen LogP contribution in [0.3, 0.4) is 0 Å². The van der Waals surface area contributed by atoms with Gasteiger partial charge in [0.15, 0.2) is 5.69 Å². The highest BCUT2D eigenvalue weighted by molar-refractivity contribution is 7.13. The van der Waals surface area contributed by atoms with E-state index in [4.69, 9.17) is 0 Å². The number of H-pyrrole nitrogens is 1. The van der Waals surface area contributed by atoms with E-state index in [1.54, 1.807) is 0 Å². The summed E-state index contributed by atoms with van der Waals surface area (Å²) < 4.78 is 0. The fourth-order valence-corrected chi connectivity index (χ4v) is 2.59. The number of hydrogen-bond acceptors (Lipinski definition) is 3. The van der Waals surface area contributed by atoms with E-state index in [1.165, 1.54) is 11.3 Å². The zero-order valence-electron chi connectivity index (χ0n) is 9.83. The van der Waals surface area contributed by atoms with Gasteiger partial charge in [0.25, 0.3) is 0 Å². The molecule has 0 amide bonds. The Kier molecular flexibility index (Phi) is 2.89. The number of nitrogens with zero attached hydrogens (tertiary/aromatic N) is 1. The van der Waals surface area contributed by atoms with Crippen LogP contribution in [-0.4, -0.2) is 21.0 Å². The van der Waals surface area contributed by atoms with Gasteiger partial charge in [-0.25, -0.2) is 9.78 Å². The number of carboxylic acid groups (broad SMARTS) is 1. The summed E-state index contributed by atoms with van der Waals surface area (Å²) in [6.07, 6.45) is 0. The molecule has 0 saturated heterocycles. The van der Waals surface area contributed by atoms with Gasteiger partial charge in [-0.2, -0.15) is 0 Å². The Bertz CT molecular complexity index is 702. The van der Waals surface area contributed by atoms with Crippen LogP contribution in [0.4, 0.5) is 0 Å². The van der Waals surface area contributed by atoms with E-state index in [0.29, 0.717) is 11.5 Å². The zero-order valence-corrected chi connectivity index (χ0v) is 10.6. The van der Waals surface area contributed by atoms with Crippen molar-refractivity contribution < 1.29 is 9.90 Å². The lowest BCUT2D eigenvalue weighted by Gasteiger charge is -1.95. The monoisotopic (exact) mass is 270 g/mol. The number of nitrogens with one attached hydrogen (secondary N) is 1. The number of thiophene rings is 1. The predicted octanol–water partition coefficient (Wildman–Crippen LogP) is 3.50. The lowest BCUT2D eigenvalue weighted by atomic mass is 10.2. The fourth-order valence-electron chi connectivity index (χ4n) is 1.86. The maximum absolute atomic E-state index is 11.3. The summed E-state index contributed by atoms with van der Waals surface area (Å²) in [5, 5.41) is 11.2. The van der Waals surface area contributed by atoms with Crippen LogP contribution in [0.2, 0.25) is 0 Å². The van der Waals surface area contributed by atoms with E-state index in [1.807, 2.05) is 47.8 Å². The van der Waals surface area contributed by atoms with E-state index >= 15 is 0 Å². The largest absolute Gasteiger partial charge is 0.476 e. The summed E-state index contributed by atoms with van der Waals surface area (Å²) in [5.74, 6) is -0.455. The second-order valence-corrected chi connectivity index (χ2v) is 4.91. The van der Waals surface area contributed by atoms with Gasteiger partial charge >= 0.3 is 5.97 Å². The van der Waals surface area contributed by atoms with Crippen molar-refractivity contribution in [2.24, 2.45) is 0 Å². The molecule has 0 aliphatic rings. The summed E-state index contributed by atoms with van der Waals surface area (Å²) >= 11 is 1.48. The molecule has 94 valence electrons. The molecule has 19 heavy (non-hydrogen) atoms. The topological polar surface area (TPSA) is 66.0 Å². The number of carboxylic acids is 1. The van der Waals surface area contributed by atoms with Crippen LogP contribution in [0.5, 0.6) is 0 Å². The summed E-state index contributed by atoms with van der Waals surface area (Å²) in [4.78, 5) is 19.4. The summed E-state index contributed by atoms with van der Waals surface area (Å²) in [5.41, 5.74) is 1.48. The molecule has 0 radical (unpaired) electrons. The number of aromatic carboxylic acids is 1. The van der Waals surface area contributed by atoms with Crippen LogP contribution in [0, 0.1) is 0 Å². The van der Waals surface area contributed by atoms with Crippen LogP contribution in [0.1, 0.15) is 10.5 Å². The summed E-state index contributed by atoms with van der Waals surface area (Å²) in [7, 11) is 0. The second-order valence-electron chi connectivity index (χ2n) is 3.96. The van der Waals surface area contributed by atoms with Crippen LogP contribution < -0.4 is 0 Å². The minimum Gasteiger partial charge on any atom is -0.476 e. The van der Waals surface area contributed by atoms with Gasteiger partial charge in [0.1, 0.15) is 5.82 Å². The van der Waals surface area contributed by atoms with Crippen LogP contribution in [0.25, 0.3) is 22.0 Å². The highest BCUT2D eigenvalue weighted by Gasteiger charge is 2.19. The van der Waals surface area contributed by atoms with E-state index in [9.17, 15) is 9.90 Å². The van der Waals surface area contributed by atoms with Crippen LogP contribution >= 0.6 is 11.3 Å². The Hall–Kier alpha value is -2.40. The van der Waals surface area contributed by atoms with Crippen LogP contribution in [0.15, 0.2) is 47.8 Å². The number of hydrogen-bond donors (Lipinski definition) is 2.